The van der Waals surface area contributed by atoms with Gasteiger partial charge in [0.05, 0.1) is 22.6 Å². The minimum absolute atomic E-state index is 0.0283. The zero-order chi connectivity index (χ0) is 29.5. The Kier molecular flexibility index (Phi) is 7.24. The standard InChI is InChI=1S/C28H16Cl2F3N3O5/c29-16-11-17(30)13-18(12-16)36-23-10-15(28(31,32)33)7-8-21(23)24(26(36)38)35-34-22-6-2-5-20(25(22)37)14-3-1-4-19(9-14)41-27(39)40/h1-13,34,37H,(H,39,40). The highest BCUT2D eigenvalue weighted by Gasteiger charge is 2.39. The highest BCUT2D eigenvalue weighted by Crippen LogP contribution is 2.42. The van der Waals surface area contributed by atoms with Crippen LogP contribution in [0.3, 0.4) is 0 Å². The second kappa shape index (κ2) is 10.7. The summed E-state index contributed by atoms with van der Waals surface area (Å²) in [6, 6.07) is 17.5. The molecule has 0 aromatic heterocycles. The molecule has 0 unspecified atom stereocenters. The molecule has 208 valence electrons. The number of ether oxygens (including phenoxy) is 1. The number of nitrogens with one attached hydrogen (secondary N) is 1. The molecule has 0 aliphatic carbocycles. The van der Waals surface area contributed by atoms with Gasteiger partial charge in [-0.2, -0.15) is 18.3 Å². The van der Waals surface area contributed by atoms with Gasteiger partial charge < -0.3 is 14.9 Å². The summed E-state index contributed by atoms with van der Waals surface area (Å²) in [5.41, 5.74) is 2.32. The number of aromatic hydroxyl groups is 1. The highest BCUT2D eigenvalue weighted by atomic mass is 35.5. The third kappa shape index (κ3) is 5.63. The molecule has 0 spiro atoms. The summed E-state index contributed by atoms with van der Waals surface area (Å²) in [7, 11) is 0. The van der Waals surface area contributed by atoms with Crippen molar-refractivity contribution in [3.8, 4) is 22.6 Å². The van der Waals surface area contributed by atoms with Crippen LogP contribution in [0.1, 0.15) is 11.1 Å². The average Bonchev–Trinajstić information content (AvgIpc) is 3.17. The van der Waals surface area contributed by atoms with Gasteiger partial charge in [0, 0.05) is 21.2 Å². The molecule has 0 saturated carbocycles. The van der Waals surface area contributed by atoms with Crippen LogP contribution in [0, 0.1) is 0 Å². The fraction of sp³-hybridized carbons (Fsp3) is 0.0357. The Morgan fingerprint density at radius 2 is 1.63 bits per heavy atom. The van der Waals surface area contributed by atoms with Crippen molar-refractivity contribution in [2.24, 2.45) is 5.10 Å². The molecule has 13 heteroatoms. The largest absolute Gasteiger partial charge is 0.511 e. The number of halogens is 5. The summed E-state index contributed by atoms with van der Waals surface area (Å²) in [5.74, 6) is -1.03. The fourth-order valence-corrected chi connectivity index (χ4v) is 4.78. The van der Waals surface area contributed by atoms with Crippen LogP contribution in [0.15, 0.2) is 84.0 Å². The number of fused-ring (bicyclic) bond motifs is 1. The molecule has 8 nitrogen and oxygen atoms in total. The smallest absolute Gasteiger partial charge is 0.505 e. The molecule has 5 rings (SSSR count). The first kappa shape index (κ1) is 27.8. The van der Waals surface area contributed by atoms with Crippen molar-refractivity contribution in [1.29, 1.82) is 0 Å². The molecule has 3 N–H and O–H groups in total. The summed E-state index contributed by atoms with van der Waals surface area (Å²) in [5, 5.41) is 24.3. The lowest BCUT2D eigenvalue weighted by Crippen LogP contribution is -2.26. The molecule has 1 amide bonds. The van der Waals surface area contributed by atoms with Gasteiger partial charge in [-0.1, -0.05) is 47.5 Å². The fourth-order valence-electron chi connectivity index (χ4n) is 4.27. The van der Waals surface area contributed by atoms with Crippen LogP contribution in [0.2, 0.25) is 10.0 Å². The number of anilines is 3. The molecule has 0 fully saturated rings. The van der Waals surface area contributed by atoms with Crippen LogP contribution in [-0.2, 0) is 11.0 Å². The Hall–Kier alpha value is -4.74. The highest BCUT2D eigenvalue weighted by molar-refractivity contribution is 6.56. The molecule has 41 heavy (non-hydrogen) atoms. The summed E-state index contributed by atoms with van der Waals surface area (Å²) < 4.78 is 45.3. The first-order valence-corrected chi connectivity index (χ1v) is 12.4. The predicted molar refractivity (Wildman–Crippen MR) is 147 cm³/mol. The maximum Gasteiger partial charge on any atom is 0.511 e. The molecule has 0 atom stereocenters. The van der Waals surface area contributed by atoms with Crippen molar-refractivity contribution in [3.63, 3.8) is 0 Å². The summed E-state index contributed by atoms with van der Waals surface area (Å²) in [6.07, 6.45) is -6.18. The van der Waals surface area contributed by atoms with Gasteiger partial charge in [0.25, 0.3) is 5.91 Å². The van der Waals surface area contributed by atoms with Crippen molar-refractivity contribution >= 4 is 58.0 Å². The number of phenolic OH excluding ortho intramolecular Hbond substituents is 1. The van der Waals surface area contributed by atoms with Crippen molar-refractivity contribution in [1.82, 2.24) is 0 Å². The lowest BCUT2D eigenvalue weighted by Gasteiger charge is -2.19. The van der Waals surface area contributed by atoms with Gasteiger partial charge in [0.1, 0.15) is 11.5 Å². The number of phenols is 1. The van der Waals surface area contributed by atoms with Gasteiger partial charge in [-0.3, -0.25) is 15.1 Å². The van der Waals surface area contributed by atoms with Gasteiger partial charge in [-0.15, -0.1) is 0 Å². The van der Waals surface area contributed by atoms with Crippen LogP contribution >= 0.6 is 23.2 Å². The maximum atomic E-state index is 13.5. The number of nitrogens with zero attached hydrogens (tertiary/aromatic N) is 2. The van der Waals surface area contributed by atoms with Gasteiger partial charge >= 0.3 is 12.3 Å². The van der Waals surface area contributed by atoms with Crippen molar-refractivity contribution in [2.45, 2.75) is 6.18 Å². The number of carbonyl (C=O) groups is 2. The molecule has 4 aromatic rings. The molecule has 4 aromatic carbocycles. The first-order chi connectivity index (χ1) is 19.4. The van der Waals surface area contributed by atoms with E-state index in [4.69, 9.17) is 28.3 Å². The number of hydrogen-bond donors (Lipinski definition) is 3. The lowest BCUT2D eigenvalue weighted by atomic mass is 10.0. The summed E-state index contributed by atoms with van der Waals surface area (Å²) in [4.78, 5) is 25.4. The Morgan fingerprint density at radius 1 is 0.927 bits per heavy atom. The van der Waals surface area contributed by atoms with Gasteiger partial charge in [0.2, 0.25) is 0 Å². The number of hydrogen-bond acceptors (Lipinski definition) is 6. The van der Waals surface area contributed by atoms with Gasteiger partial charge in [0.15, 0.2) is 5.71 Å². The van der Waals surface area contributed by atoms with E-state index in [-0.39, 0.29) is 55.4 Å². The van der Waals surface area contributed by atoms with Crippen molar-refractivity contribution < 1.29 is 37.7 Å². The second-order valence-electron chi connectivity index (χ2n) is 8.67. The number of benzene rings is 4. The van der Waals surface area contributed by atoms with Crippen molar-refractivity contribution in [3.05, 3.63) is 100 Å². The van der Waals surface area contributed by atoms with E-state index in [1.165, 1.54) is 42.5 Å². The van der Waals surface area contributed by atoms with Gasteiger partial charge in [-0.05, 0) is 60.2 Å². The van der Waals surface area contributed by atoms with E-state index in [1.54, 1.807) is 18.2 Å². The van der Waals surface area contributed by atoms with E-state index >= 15 is 0 Å². The molecular formula is C28H16Cl2F3N3O5. The van der Waals surface area contributed by atoms with Crippen molar-refractivity contribution in [2.75, 3.05) is 10.3 Å². The monoisotopic (exact) mass is 601 g/mol. The third-order valence-electron chi connectivity index (χ3n) is 6.01. The zero-order valence-corrected chi connectivity index (χ0v) is 21.9. The zero-order valence-electron chi connectivity index (χ0n) is 20.4. The Bertz CT molecular complexity index is 1720. The lowest BCUT2D eigenvalue weighted by molar-refractivity contribution is -0.137. The van der Waals surface area contributed by atoms with E-state index in [9.17, 15) is 27.9 Å². The second-order valence-corrected chi connectivity index (χ2v) is 9.54. The molecule has 1 aliphatic rings. The van der Waals surface area contributed by atoms with E-state index in [0.29, 0.717) is 5.56 Å². The number of amides is 1. The maximum absolute atomic E-state index is 13.5. The first-order valence-electron chi connectivity index (χ1n) is 11.6. The Balaban J connectivity index is 1.55. The SMILES string of the molecule is O=C(O)Oc1cccc(-c2cccc(NN=C3C(=O)N(c4cc(Cl)cc(Cl)c4)c4cc(C(F)(F)F)ccc43)c2O)c1. The Morgan fingerprint density at radius 3 is 2.32 bits per heavy atom. The van der Waals surface area contributed by atoms with Crippen LogP contribution < -0.4 is 15.1 Å². The molecule has 0 bridgehead atoms. The molecule has 0 saturated heterocycles. The number of carbonyl (C=O) groups excluding carboxylic acids is 1. The van der Waals surface area contributed by atoms with Crippen LogP contribution in [0.25, 0.3) is 11.1 Å². The topological polar surface area (TPSA) is 111 Å². The quantitative estimate of drug-likeness (QED) is 0.0926. The van der Waals surface area contributed by atoms with Crippen LogP contribution in [0.5, 0.6) is 11.5 Å². The van der Waals surface area contributed by atoms with Gasteiger partial charge in [-0.25, -0.2) is 4.79 Å². The number of carboxylic acid groups (broad SMARTS) is 1. The average molecular weight is 602 g/mol. The number of alkyl halides is 3. The summed E-state index contributed by atoms with van der Waals surface area (Å²) >= 11 is 12.2. The third-order valence-corrected chi connectivity index (χ3v) is 6.44. The van der Waals surface area contributed by atoms with E-state index in [1.807, 2.05) is 0 Å². The minimum Gasteiger partial charge on any atom is -0.505 e. The van der Waals surface area contributed by atoms with E-state index < -0.39 is 23.8 Å². The summed E-state index contributed by atoms with van der Waals surface area (Å²) in [6.45, 7) is 0. The molecule has 0 radical (unpaired) electrons. The number of hydrazone groups is 1. The van der Waals surface area contributed by atoms with Crippen LogP contribution in [0.4, 0.5) is 35.0 Å². The van der Waals surface area contributed by atoms with Crippen LogP contribution in [-0.4, -0.2) is 28.0 Å². The predicted octanol–water partition coefficient (Wildman–Crippen LogP) is 7.94. The molecule has 1 aliphatic heterocycles. The molecule has 1 heterocycles. The Labute approximate surface area is 239 Å². The minimum atomic E-state index is -4.67. The van der Waals surface area contributed by atoms with E-state index in [2.05, 4.69) is 15.3 Å². The molecular weight excluding hydrogens is 586 g/mol. The normalized spacial score (nSPS) is 13.8. The number of para-hydroxylation sites is 1. The van der Waals surface area contributed by atoms with E-state index in [0.717, 1.165) is 23.1 Å². The number of rotatable bonds is 5.